The molecule has 0 aliphatic heterocycles. The lowest BCUT2D eigenvalue weighted by atomic mass is 9.27. The molecule has 0 heterocycles. The Hall–Kier alpha value is 0.0549. The van der Waals surface area contributed by atoms with Gasteiger partial charge < -0.3 is 4.65 Å². The van der Waals surface area contributed by atoms with E-state index in [1.165, 1.54) is 64.2 Å². The van der Waals surface area contributed by atoms with Gasteiger partial charge in [-0.25, -0.2) is 0 Å². The Kier molecular flexibility index (Phi) is 8.86. The van der Waals surface area contributed by atoms with Crippen molar-refractivity contribution in [3.63, 3.8) is 0 Å². The van der Waals surface area contributed by atoms with E-state index in [4.69, 9.17) is 16.3 Å². The number of hydrogen-bond acceptors (Lipinski definition) is 1. The average Bonchev–Trinajstić information content (AvgIpc) is 2.82. The zero-order chi connectivity index (χ0) is 25.5. The third-order valence-electron chi connectivity index (χ3n) is 12.4. The molecule has 6 fully saturated rings. The van der Waals surface area contributed by atoms with Gasteiger partial charge in [0, 0.05) is 0 Å². The Morgan fingerprint density at radius 2 is 1.34 bits per heavy atom. The fourth-order valence-corrected chi connectivity index (χ4v) is 9.73. The first kappa shape index (κ1) is 28.1. The van der Waals surface area contributed by atoms with Gasteiger partial charge in [-0.1, -0.05) is 106 Å². The van der Waals surface area contributed by atoms with Crippen LogP contribution in [0.2, 0.25) is 11.6 Å². The zero-order valence-corrected chi connectivity index (χ0v) is 25.0. The molecule has 0 amide bonds. The molecule has 4 bridgehead atoms. The van der Waals surface area contributed by atoms with E-state index in [1.54, 1.807) is 0 Å². The molecule has 0 saturated heterocycles. The fourth-order valence-electron chi connectivity index (χ4n) is 9.55. The molecular formula is C32H56BClO. The van der Waals surface area contributed by atoms with Crippen LogP contribution >= 0.6 is 11.6 Å². The first-order valence-corrected chi connectivity index (χ1v) is 15.9. The quantitative estimate of drug-likeness (QED) is 0.105. The maximum atomic E-state index is 7.32. The second kappa shape index (κ2) is 11.0. The van der Waals surface area contributed by atoms with Gasteiger partial charge in [-0.3, -0.25) is 0 Å². The molecule has 6 aliphatic carbocycles. The zero-order valence-electron chi connectivity index (χ0n) is 24.2. The highest BCUT2D eigenvalue weighted by Gasteiger charge is 2.63. The van der Waals surface area contributed by atoms with Crippen LogP contribution in [0.3, 0.4) is 0 Å². The summed E-state index contributed by atoms with van der Waals surface area (Å²) >= 11 is 6.91. The van der Waals surface area contributed by atoms with E-state index >= 15 is 0 Å². The molecule has 35 heavy (non-hydrogen) atoms. The number of unbranched alkanes of at least 4 members (excludes halogenated alkanes) is 5. The van der Waals surface area contributed by atoms with Crippen molar-refractivity contribution in [2.24, 2.45) is 46.3 Å². The summed E-state index contributed by atoms with van der Waals surface area (Å²) in [7, 11) is 0. The molecule has 0 unspecified atom stereocenters. The molecule has 1 nitrogen and oxygen atoms in total. The molecule has 10 atom stereocenters. The molecular weight excluding hydrogens is 447 g/mol. The van der Waals surface area contributed by atoms with Crippen LogP contribution in [0.1, 0.15) is 119 Å². The van der Waals surface area contributed by atoms with Gasteiger partial charge in [0.05, 0.1) is 11.5 Å². The van der Waals surface area contributed by atoms with Crippen LogP contribution in [-0.2, 0) is 4.65 Å². The first-order valence-electron chi connectivity index (χ1n) is 15.5. The van der Waals surface area contributed by atoms with Crippen molar-refractivity contribution in [1.82, 2.24) is 0 Å². The van der Waals surface area contributed by atoms with Crippen molar-refractivity contribution in [2.75, 3.05) is 0 Å². The number of fused-ring (bicyclic) bond motifs is 4. The second-order valence-electron chi connectivity index (χ2n) is 14.6. The lowest BCUT2D eigenvalue weighted by Crippen LogP contribution is -2.60. The molecule has 6 aliphatic rings. The Bertz CT molecular complexity index is 676. The minimum atomic E-state index is -0.0807. The standard InChI is InChI=1S/C32H56BClO/c1-9-11-12-13-14-15-16-30(29(34)10-2)35-33(27-19-23-17-25(21(27)3)31(23,5)6)28-20-24-18-26(22(28)4)32(24,7)8/h10,21-30H,2,9,11-20H2,1,3-8H3/t21-,22-,23+,24+,25-,26-,27-,28-,29-,30-/m1/s1. The molecule has 0 aromatic heterocycles. The van der Waals surface area contributed by atoms with Crippen LogP contribution in [-0.4, -0.2) is 18.4 Å². The summed E-state index contributed by atoms with van der Waals surface area (Å²) in [6.07, 6.45) is 16.7. The van der Waals surface area contributed by atoms with E-state index in [2.05, 4.69) is 55.0 Å². The normalized spacial score (nSPS) is 40.2. The largest absolute Gasteiger partial charge is 0.431 e. The molecule has 6 rings (SSSR count). The fraction of sp³-hybridized carbons (Fsp3) is 0.938. The molecule has 0 aromatic carbocycles. The molecule has 200 valence electrons. The third kappa shape index (κ3) is 5.20. The summed E-state index contributed by atoms with van der Waals surface area (Å²) in [5.74, 6) is 6.40. The van der Waals surface area contributed by atoms with E-state index in [1.807, 2.05) is 6.08 Å². The number of hydrogen-bond donors (Lipinski definition) is 0. The van der Waals surface area contributed by atoms with Crippen molar-refractivity contribution in [2.45, 2.75) is 142 Å². The van der Waals surface area contributed by atoms with Crippen molar-refractivity contribution < 1.29 is 4.65 Å². The summed E-state index contributed by atoms with van der Waals surface area (Å²) in [5.41, 5.74) is 1.05. The predicted octanol–water partition coefficient (Wildman–Crippen LogP) is 10.1. The second-order valence-corrected chi connectivity index (χ2v) is 15.1. The van der Waals surface area contributed by atoms with Crippen LogP contribution in [0.25, 0.3) is 0 Å². The predicted molar refractivity (Wildman–Crippen MR) is 154 cm³/mol. The smallest absolute Gasteiger partial charge is 0.300 e. The van der Waals surface area contributed by atoms with Crippen molar-refractivity contribution in [3.8, 4) is 0 Å². The molecule has 6 saturated carbocycles. The molecule has 0 N–H and O–H groups in total. The lowest BCUT2D eigenvalue weighted by molar-refractivity contribution is -0.112. The highest BCUT2D eigenvalue weighted by molar-refractivity contribution is 6.56. The van der Waals surface area contributed by atoms with Crippen molar-refractivity contribution in [3.05, 3.63) is 12.7 Å². The molecule has 3 heteroatoms. The molecule has 0 radical (unpaired) electrons. The van der Waals surface area contributed by atoms with Crippen LogP contribution in [0.5, 0.6) is 0 Å². The van der Waals surface area contributed by atoms with Crippen LogP contribution < -0.4 is 0 Å². The highest BCUT2D eigenvalue weighted by Crippen LogP contribution is 2.69. The maximum Gasteiger partial charge on any atom is 0.300 e. The van der Waals surface area contributed by atoms with Crippen molar-refractivity contribution in [1.29, 1.82) is 0 Å². The lowest BCUT2D eigenvalue weighted by Gasteiger charge is -2.66. The Morgan fingerprint density at radius 3 is 1.77 bits per heavy atom. The number of rotatable bonds is 13. The van der Waals surface area contributed by atoms with Gasteiger partial charge in [-0.2, -0.15) is 0 Å². The summed E-state index contributed by atoms with van der Waals surface area (Å²) in [5, 5.41) is -0.0807. The monoisotopic (exact) mass is 502 g/mol. The van der Waals surface area contributed by atoms with Gasteiger partial charge in [-0.15, -0.1) is 18.2 Å². The van der Waals surface area contributed by atoms with Gasteiger partial charge >= 0.3 is 0 Å². The average molecular weight is 503 g/mol. The van der Waals surface area contributed by atoms with Crippen molar-refractivity contribution >= 4 is 18.5 Å². The van der Waals surface area contributed by atoms with E-state index in [-0.39, 0.29) is 11.5 Å². The summed E-state index contributed by atoms with van der Waals surface area (Å²) in [4.78, 5) is 0. The minimum Gasteiger partial charge on any atom is -0.431 e. The van der Waals surface area contributed by atoms with Crippen LogP contribution in [0, 0.1) is 46.3 Å². The van der Waals surface area contributed by atoms with Gasteiger partial charge in [-0.05, 0) is 77.2 Å². The van der Waals surface area contributed by atoms with Crippen LogP contribution in [0.4, 0.5) is 0 Å². The Balaban J connectivity index is 1.50. The van der Waals surface area contributed by atoms with E-state index in [9.17, 15) is 0 Å². The first-order chi connectivity index (χ1) is 16.5. The SMILES string of the molecule is C=C[C@@H](Cl)[C@@H](CCCCCCCC)OB([C@@H]1C[C@@H]2C[C@H]([C@H]1C)C2(C)C)[C@@H]1C[C@@H]2C[C@H]([C@H]1C)C2(C)C. The number of alkyl halides is 1. The Labute approximate surface area is 224 Å². The van der Waals surface area contributed by atoms with Gasteiger partial charge in [0.1, 0.15) is 0 Å². The summed E-state index contributed by atoms with van der Waals surface area (Å²) in [6, 6.07) is 0. The third-order valence-corrected chi connectivity index (χ3v) is 12.9. The topological polar surface area (TPSA) is 9.23 Å². The number of halogens is 1. The van der Waals surface area contributed by atoms with E-state index in [0.29, 0.717) is 29.4 Å². The Morgan fingerprint density at radius 1 is 0.857 bits per heavy atom. The molecule has 0 spiro atoms. The van der Waals surface area contributed by atoms with E-state index in [0.717, 1.165) is 41.9 Å². The minimum absolute atomic E-state index is 0.0807. The summed E-state index contributed by atoms with van der Waals surface area (Å²) < 4.78 is 7.32. The van der Waals surface area contributed by atoms with Gasteiger partial charge in [0.25, 0.3) is 6.92 Å². The molecule has 0 aromatic rings. The highest BCUT2D eigenvalue weighted by atomic mass is 35.5. The van der Waals surface area contributed by atoms with E-state index < -0.39 is 0 Å². The summed E-state index contributed by atoms with van der Waals surface area (Å²) in [6.45, 7) is 22.0. The van der Waals surface area contributed by atoms with Crippen LogP contribution in [0.15, 0.2) is 12.7 Å². The van der Waals surface area contributed by atoms with Gasteiger partial charge in [0.15, 0.2) is 0 Å². The van der Waals surface area contributed by atoms with Gasteiger partial charge in [0.2, 0.25) is 0 Å². The maximum absolute atomic E-state index is 7.32.